The molecule has 0 saturated heterocycles. The van der Waals surface area contributed by atoms with E-state index in [2.05, 4.69) is 10.3 Å². The summed E-state index contributed by atoms with van der Waals surface area (Å²) in [4.78, 5) is 4.18. The highest BCUT2D eigenvalue weighted by Crippen LogP contribution is 2.13. The molecule has 17 heavy (non-hydrogen) atoms. The first-order chi connectivity index (χ1) is 8.25. The molecule has 88 valence electrons. The van der Waals surface area contributed by atoms with E-state index in [1.807, 2.05) is 49.4 Å². The fourth-order valence-electron chi connectivity index (χ4n) is 1.63. The monoisotopic (exact) mass is 228 g/mol. The van der Waals surface area contributed by atoms with E-state index in [0.29, 0.717) is 6.54 Å². The van der Waals surface area contributed by atoms with Crippen LogP contribution >= 0.6 is 0 Å². The number of nitrogens with one attached hydrogen (secondary N) is 1. The van der Waals surface area contributed by atoms with Crippen molar-refractivity contribution in [2.24, 2.45) is 0 Å². The Balaban J connectivity index is 1.95. The maximum absolute atomic E-state index is 9.96. The minimum atomic E-state index is -0.515. The predicted octanol–water partition coefficient (Wildman–Crippen LogP) is 2.54. The van der Waals surface area contributed by atoms with Gasteiger partial charge < -0.3 is 10.4 Å². The minimum absolute atomic E-state index is 0.459. The molecule has 0 bridgehead atoms. The van der Waals surface area contributed by atoms with Crippen LogP contribution in [0.4, 0.5) is 5.82 Å². The molecule has 1 atom stereocenters. The van der Waals surface area contributed by atoms with Gasteiger partial charge >= 0.3 is 0 Å². The number of rotatable bonds is 4. The van der Waals surface area contributed by atoms with E-state index in [1.165, 1.54) is 0 Å². The van der Waals surface area contributed by atoms with Gasteiger partial charge in [0.15, 0.2) is 0 Å². The molecule has 0 aliphatic heterocycles. The highest BCUT2D eigenvalue weighted by Gasteiger charge is 2.06. The molecular weight excluding hydrogens is 212 g/mol. The molecule has 3 nitrogen and oxygen atoms in total. The average molecular weight is 228 g/mol. The van der Waals surface area contributed by atoms with E-state index >= 15 is 0 Å². The summed E-state index contributed by atoms with van der Waals surface area (Å²) in [6.07, 6.45) is 1.24. The third-order valence-corrected chi connectivity index (χ3v) is 2.58. The second-order valence-corrected chi connectivity index (χ2v) is 4.03. The largest absolute Gasteiger partial charge is 0.387 e. The van der Waals surface area contributed by atoms with Crippen molar-refractivity contribution < 1.29 is 5.11 Å². The molecule has 0 spiro atoms. The lowest BCUT2D eigenvalue weighted by molar-refractivity contribution is 0.191. The number of benzene rings is 1. The molecular formula is C14H16N2O. The minimum Gasteiger partial charge on any atom is -0.387 e. The third-order valence-electron chi connectivity index (χ3n) is 2.58. The van der Waals surface area contributed by atoms with Crippen molar-refractivity contribution in [2.45, 2.75) is 13.0 Å². The summed E-state index contributed by atoms with van der Waals surface area (Å²) in [6.45, 7) is 2.47. The summed E-state index contributed by atoms with van der Waals surface area (Å²) < 4.78 is 0. The number of hydrogen-bond acceptors (Lipinski definition) is 3. The first-order valence-electron chi connectivity index (χ1n) is 5.65. The molecule has 2 N–H and O–H groups in total. The van der Waals surface area contributed by atoms with Gasteiger partial charge in [0.2, 0.25) is 0 Å². The Labute approximate surface area is 101 Å². The van der Waals surface area contributed by atoms with Crippen molar-refractivity contribution in [3.05, 3.63) is 59.8 Å². The van der Waals surface area contributed by atoms with Gasteiger partial charge in [-0.15, -0.1) is 0 Å². The molecule has 1 heterocycles. The van der Waals surface area contributed by atoms with Crippen LogP contribution in [0.25, 0.3) is 0 Å². The molecule has 0 fully saturated rings. The van der Waals surface area contributed by atoms with E-state index < -0.39 is 6.10 Å². The van der Waals surface area contributed by atoms with Crippen LogP contribution < -0.4 is 5.32 Å². The lowest BCUT2D eigenvalue weighted by Crippen LogP contribution is -2.12. The smallest absolute Gasteiger partial charge is 0.126 e. The van der Waals surface area contributed by atoms with Gasteiger partial charge in [0.1, 0.15) is 5.82 Å². The summed E-state index contributed by atoms with van der Waals surface area (Å²) in [5, 5.41) is 13.1. The van der Waals surface area contributed by atoms with E-state index in [-0.39, 0.29) is 0 Å². The number of nitrogens with zero attached hydrogens (tertiary/aromatic N) is 1. The molecule has 1 aromatic heterocycles. The molecule has 2 aromatic rings. The number of aromatic nitrogens is 1. The van der Waals surface area contributed by atoms with E-state index in [4.69, 9.17) is 0 Å². The molecule has 3 heteroatoms. The number of aliphatic hydroxyl groups excluding tert-OH is 1. The zero-order valence-electron chi connectivity index (χ0n) is 9.80. The Kier molecular flexibility index (Phi) is 3.73. The van der Waals surface area contributed by atoms with Gasteiger partial charge in [-0.1, -0.05) is 30.3 Å². The van der Waals surface area contributed by atoms with Gasteiger partial charge in [0.05, 0.1) is 6.10 Å². The quantitative estimate of drug-likeness (QED) is 0.845. The van der Waals surface area contributed by atoms with Gasteiger partial charge in [-0.2, -0.15) is 0 Å². The normalized spacial score (nSPS) is 12.1. The fraction of sp³-hybridized carbons (Fsp3) is 0.214. The van der Waals surface area contributed by atoms with Crippen LogP contribution in [0.15, 0.2) is 48.7 Å². The van der Waals surface area contributed by atoms with Gasteiger partial charge in [0.25, 0.3) is 0 Å². The number of aliphatic hydroxyl groups is 1. The zero-order valence-corrected chi connectivity index (χ0v) is 9.80. The number of pyridine rings is 1. The van der Waals surface area contributed by atoms with E-state index in [9.17, 15) is 5.11 Å². The Morgan fingerprint density at radius 3 is 2.71 bits per heavy atom. The second-order valence-electron chi connectivity index (χ2n) is 4.03. The van der Waals surface area contributed by atoms with E-state index in [1.54, 1.807) is 6.20 Å². The average Bonchev–Trinajstić information content (AvgIpc) is 2.37. The van der Waals surface area contributed by atoms with Gasteiger partial charge in [-0.3, -0.25) is 0 Å². The summed E-state index contributed by atoms with van der Waals surface area (Å²) in [5.74, 6) is 0.792. The molecule has 0 radical (unpaired) electrons. The van der Waals surface area contributed by atoms with Gasteiger partial charge in [-0.25, -0.2) is 4.98 Å². The summed E-state index contributed by atoms with van der Waals surface area (Å²) in [7, 11) is 0. The van der Waals surface area contributed by atoms with Crippen LogP contribution in [0.1, 0.15) is 17.2 Å². The second kappa shape index (κ2) is 5.46. The zero-order chi connectivity index (χ0) is 12.1. The SMILES string of the molecule is Cc1ccnc(NCC(O)c2ccccc2)c1. The fourth-order valence-corrected chi connectivity index (χ4v) is 1.63. The first kappa shape index (κ1) is 11.6. The standard InChI is InChI=1S/C14H16N2O/c1-11-7-8-15-14(9-11)16-10-13(17)12-5-3-2-4-6-12/h2-9,13,17H,10H2,1H3,(H,15,16). The Morgan fingerprint density at radius 2 is 2.00 bits per heavy atom. The van der Waals surface area contributed by atoms with Crippen LogP contribution in [0.2, 0.25) is 0 Å². The molecule has 0 saturated carbocycles. The van der Waals surface area contributed by atoms with Crippen LogP contribution in [-0.2, 0) is 0 Å². The van der Waals surface area contributed by atoms with Gasteiger partial charge in [0, 0.05) is 12.7 Å². The summed E-state index contributed by atoms with van der Waals surface area (Å²) in [6, 6.07) is 13.5. The van der Waals surface area contributed by atoms with Crippen molar-refractivity contribution in [3.8, 4) is 0 Å². The van der Waals surface area contributed by atoms with Crippen LogP contribution in [0.5, 0.6) is 0 Å². The molecule has 0 aliphatic rings. The van der Waals surface area contributed by atoms with Crippen LogP contribution in [0.3, 0.4) is 0 Å². The molecule has 1 unspecified atom stereocenters. The van der Waals surface area contributed by atoms with Crippen molar-refractivity contribution in [1.82, 2.24) is 4.98 Å². The number of anilines is 1. The maximum atomic E-state index is 9.96. The Morgan fingerprint density at radius 1 is 1.24 bits per heavy atom. The predicted molar refractivity (Wildman–Crippen MR) is 68.9 cm³/mol. The number of aryl methyl sites for hydroxylation is 1. The highest BCUT2D eigenvalue weighted by atomic mass is 16.3. The topological polar surface area (TPSA) is 45.2 Å². The van der Waals surface area contributed by atoms with Crippen molar-refractivity contribution in [2.75, 3.05) is 11.9 Å². The Hall–Kier alpha value is -1.87. The molecule has 0 aliphatic carbocycles. The summed E-state index contributed by atoms with van der Waals surface area (Å²) in [5.41, 5.74) is 2.06. The van der Waals surface area contributed by atoms with Crippen LogP contribution in [-0.4, -0.2) is 16.6 Å². The maximum Gasteiger partial charge on any atom is 0.126 e. The van der Waals surface area contributed by atoms with Crippen molar-refractivity contribution in [3.63, 3.8) is 0 Å². The van der Waals surface area contributed by atoms with Gasteiger partial charge in [-0.05, 0) is 30.2 Å². The van der Waals surface area contributed by atoms with E-state index in [0.717, 1.165) is 16.9 Å². The van der Waals surface area contributed by atoms with Crippen molar-refractivity contribution >= 4 is 5.82 Å². The lowest BCUT2D eigenvalue weighted by Gasteiger charge is -2.12. The molecule has 2 rings (SSSR count). The third kappa shape index (κ3) is 3.29. The van der Waals surface area contributed by atoms with Crippen LogP contribution in [0, 0.1) is 6.92 Å². The number of hydrogen-bond donors (Lipinski definition) is 2. The lowest BCUT2D eigenvalue weighted by atomic mass is 10.1. The first-order valence-corrected chi connectivity index (χ1v) is 5.65. The molecule has 1 aromatic carbocycles. The highest BCUT2D eigenvalue weighted by molar-refractivity contribution is 5.37. The Bertz CT molecular complexity index is 471. The summed E-state index contributed by atoms with van der Waals surface area (Å²) >= 11 is 0. The molecule has 0 amide bonds. The van der Waals surface area contributed by atoms with Crippen molar-refractivity contribution in [1.29, 1.82) is 0 Å².